The molecule has 0 aliphatic carbocycles. The van der Waals surface area contributed by atoms with E-state index in [4.69, 9.17) is 32.7 Å². The zero-order valence-corrected chi connectivity index (χ0v) is 10.9. The van der Waals surface area contributed by atoms with Crippen LogP contribution in [0, 0.1) is 0 Å². The summed E-state index contributed by atoms with van der Waals surface area (Å²) in [5, 5.41) is 0.628. The Hall–Kier alpha value is -1.59. The predicted octanol–water partition coefficient (Wildman–Crippen LogP) is 3.37. The first-order valence-electron chi connectivity index (χ1n) is 5.15. The number of benzene rings is 1. The maximum absolute atomic E-state index is 5.77. The molecule has 0 atom stereocenters. The van der Waals surface area contributed by atoms with Gasteiger partial charge in [-0.05, 0) is 42.8 Å². The Morgan fingerprint density at radius 2 is 1.67 bits per heavy atom. The molecular weight excluding hydrogens is 277 g/mol. The first kappa shape index (κ1) is 12.9. The molecule has 2 aromatic rings. The molecule has 0 aliphatic rings. The van der Waals surface area contributed by atoms with Crippen molar-refractivity contribution in [2.45, 2.75) is 6.92 Å². The van der Waals surface area contributed by atoms with E-state index in [1.54, 1.807) is 24.3 Å². The van der Waals surface area contributed by atoms with Gasteiger partial charge in [0.05, 0.1) is 6.61 Å². The van der Waals surface area contributed by atoms with E-state index in [2.05, 4.69) is 15.0 Å². The highest BCUT2D eigenvalue weighted by Gasteiger charge is 2.07. The fourth-order valence-corrected chi connectivity index (χ4v) is 1.43. The molecule has 0 saturated heterocycles. The van der Waals surface area contributed by atoms with Gasteiger partial charge in [-0.15, -0.1) is 4.98 Å². The topological polar surface area (TPSA) is 57.1 Å². The van der Waals surface area contributed by atoms with Crippen LogP contribution < -0.4 is 9.47 Å². The van der Waals surface area contributed by atoms with Crippen LogP contribution in [0.25, 0.3) is 0 Å². The summed E-state index contributed by atoms with van der Waals surface area (Å²) in [4.78, 5) is 11.6. The van der Waals surface area contributed by atoms with Crippen molar-refractivity contribution in [3.63, 3.8) is 0 Å². The molecule has 0 bridgehead atoms. The minimum absolute atomic E-state index is 0.0115. The highest BCUT2D eigenvalue weighted by atomic mass is 35.5. The molecule has 7 heteroatoms. The van der Waals surface area contributed by atoms with E-state index in [0.29, 0.717) is 17.4 Å². The summed E-state index contributed by atoms with van der Waals surface area (Å²) in [6.07, 6.45) is 0. The lowest BCUT2D eigenvalue weighted by Gasteiger charge is -2.05. The Kier molecular flexibility index (Phi) is 4.17. The van der Waals surface area contributed by atoms with Crippen LogP contribution in [0.4, 0.5) is 0 Å². The number of rotatable bonds is 4. The Morgan fingerprint density at radius 1 is 1.00 bits per heavy atom. The van der Waals surface area contributed by atoms with E-state index in [9.17, 15) is 0 Å². The van der Waals surface area contributed by atoms with Gasteiger partial charge in [0.1, 0.15) is 5.75 Å². The van der Waals surface area contributed by atoms with Gasteiger partial charge in [-0.3, -0.25) is 0 Å². The third-order valence-electron chi connectivity index (χ3n) is 1.86. The fraction of sp³-hybridized carbons (Fsp3) is 0.182. The summed E-state index contributed by atoms with van der Waals surface area (Å²) in [5.74, 6) is 0.545. The third kappa shape index (κ3) is 3.45. The summed E-state index contributed by atoms with van der Waals surface area (Å²) in [6, 6.07) is 6.98. The first-order chi connectivity index (χ1) is 8.67. The number of hydrogen-bond acceptors (Lipinski definition) is 5. The lowest BCUT2D eigenvalue weighted by molar-refractivity contribution is 0.303. The molecule has 0 spiro atoms. The van der Waals surface area contributed by atoms with Gasteiger partial charge in [-0.1, -0.05) is 11.6 Å². The largest absolute Gasteiger partial charge is 0.464 e. The summed E-state index contributed by atoms with van der Waals surface area (Å²) in [7, 11) is 0. The van der Waals surface area contributed by atoms with E-state index >= 15 is 0 Å². The van der Waals surface area contributed by atoms with Gasteiger partial charge in [-0.2, -0.15) is 9.97 Å². The van der Waals surface area contributed by atoms with E-state index in [0.717, 1.165) is 0 Å². The van der Waals surface area contributed by atoms with Gasteiger partial charge in [0, 0.05) is 5.02 Å². The number of nitrogens with zero attached hydrogens (tertiary/aromatic N) is 3. The fourth-order valence-electron chi connectivity index (χ4n) is 1.16. The van der Waals surface area contributed by atoms with Gasteiger partial charge in [0.2, 0.25) is 5.28 Å². The number of hydrogen-bond donors (Lipinski definition) is 0. The second-order valence-corrected chi connectivity index (χ2v) is 3.93. The zero-order chi connectivity index (χ0) is 13.0. The second kappa shape index (κ2) is 5.84. The lowest BCUT2D eigenvalue weighted by Crippen LogP contribution is -2.01. The van der Waals surface area contributed by atoms with Crippen LogP contribution in [-0.2, 0) is 0 Å². The molecule has 1 heterocycles. The normalized spacial score (nSPS) is 10.2. The van der Waals surface area contributed by atoms with Crippen molar-refractivity contribution in [1.29, 1.82) is 0 Å². The number of aromatic nitrogens is 3. The van der Waals surface area contributed by atoms with Gasteiger partial charge >= 0.3 is 12.0 Å². The van der Waals surface area contributed by atoms with Crippen molar-refractivity contribution in [1.82, 2.24) is 15.0 Å². The molecule has 5 nitrogen and oxygen atoms in total. The molecule has 0 aliphatic heterocycles. The van der Waals surface area contributed by atoms with Crippen LogP contribution in [0.1, 0.15) is 6.92 Å². The van der Waals surface area contributed by atoms with Crippen molar-refractivity contribution in [2.75, 3.05) is 6.61 Å². The highest BCUT2D eigenvalue weighted by molar-refractivity contribution is 6.30. The van der Waals surface area contributed by atoms with Crippen molar-refractivity contribution >= 4 is 23.2 Å². The van der Waals surface area contributed by atoms with Crippen molar-refractivity contribution in [2.24, 2.45) is 0 Å². The molecule has 94 valence electrons. The third-order valence-corrected chi connectivity index (χ3v) is 2.28. The smallest absolute Gasteiger partial charge is 0.329 e. The molecule has 18 heavy (non-hydrogen) atoms. The molecule has 0 N–H and O–H groups in total. The predicted molar refractivity (Wildman–Crippen MR) is 67.5 cm³/mol. The lowest BCUT2D eigenvalue weighted by atomic mass is 10.3. The molecular formula is C11H9Cl2N3O2. The summed E-state index contributed by atoms with van der Waals surface area (Å²) in [5.41, 5.74) is 0. The molecule has 0 fully saturated rings. The van der Waals surface area contributed by atoms with E-state index in [-0.39, 0.29) is 17.3 Å². The molecule has 0 saturated carbocycles. The summed E-state index contributed by atoms with van der Waals surface area (Å²) >= 11 is 11.5. The monoisotopic (exact) mass is 285 g/mol. The Labute approximate surface area is 114 Å². The number of ether oxygens (including phenoxy) is 2. The van der Waals surface area contributed by atoms with Crippen molar-refractivity contribution in [3.8, 4) is 17.8 Å². The maximum atomic E-state index is 5.77. The SMILES string of the molecule is CCOc1nc(Cl)nc(Oc2ccc(Cl)cc2)n1. The van der Waals surface area contributed by atoms with E-state index in [1.165, 1.54) is 0 Å². The minimum atomic E-state index is 0.0115. The molecule has 0 amide bonds. The van der Waals surface area contributed by atoms with Crippen LogP contribution >= 0.6 is 23.2 Å². The average molecular weight is 286 g/mol. The van der Waals surface area contributed by atoms with Crippen LogP contribution in [0.15, 0.2) is 24.3 Å². The minimum Gasteiger partial charge on any atom is -0.464 e. The molecule has 1 aromatic carbocycles. The molecule has 0 unspecified atom stereocenters. The number of halogens is 2. The quantitative estimate of drug-likeness (QED) is 0.862. The highest BCUT2D eigenvalue weighted by Crippen LogP contribution is 2.22. The molecule has 0 radical (unpaired) electrons. The van der Waals surface area contributed by atoms with Crippen molar-refractivity contribution in [3.05, 3.63) is 34.6 Å². The van der Waals surface area contributed by atoms with Crippen molar-refractivity contribution < 1.29 is 9.47 Å². The molecule has 1 aromatic heterocycles. The second-order valence-electron chi connectivity index (χ2n) is 3.16. The summed E-state index contributed by atoms with van der Waals surface area (Å²) < 4.78 is 10.6. The van der Waals surface area contributed by atoms with E-state index in [1.807, 2.05) is 6.92 Å². The molecule has 2 rings (SSSR count). The van der Waals surface area contributed by atoms with Crippen LogP contribution in [-0.4, -0.2) is 21.6 Å². The van der Waals surface area contributed by atoms with Gasteiger partial charge in [0.25, 0.3) is 0 Å². The van der Waals surface area contributed by atoms with Crippen LogP contribution in [0.3, 0.4) is 0 Å². The first-order valence-corrected chi connectivity index (χ1v) is 5.91. The Bertz CT molecular complexity index is 534. The zero-order valence-electron chi connectivity index (χ0n) is 9.43. The Balaban J connectivity index is 2.20. The van der Waals surface area contributed by atoms with Crippen LogP contribution in [0.5, 0.6) is 17.8 Å². The maximum Gasteiger partial charge on any atom is 0.329 e. The summed E-state index contributed by atoms with van der Waals surface area (Å²) in [6.45, 7) is 2.25. The van der Waals surface area contributed by atoms with Gasteiger partial charge in [-0.25, -0.2) is 0 Å². The standard InChI is InChI=1S/C11H9Cl2N3O2/c1-2-17-10-14-9(13)15-11(16-10)18-8-5-3-7(12)4-6-8/h3-6H,2H2,1H3. The Morgan fingerprint density at radius 3 is 2.33 bits per heavy atom. The average Bonchev–Trinajstić information content (AvgIpc) is 2.32. The van der Waals surface area contributed by atoms with E-state index < -0.39 is 0 Å². The van der Waals surface area contributed by atoms with Crippen LogP contribution in [0.2, 0.25) is 10.3 Å². The van der Waals surface area contributed by atoms with Gasteiger partial charge < -0.3 is 9.47 Å². The van der Waals surface area contributed by atoms with Gasteiger partial charge in [0.15, 0.2) is 0 Å².